The van der Waals surface area contributed by atoms with Crippen molar-refractivity contribution in [3.05, 3.63) is 66.0 Å². The summed E-state index contributed by atoms with van der Waals surface area (Å²) in [6.07, 6.45) is -0.557. The number of carbonyl (C=O) groups excluding carboxylic acids is 1. The van der Waals surface area contributed by atoms with Gasteiger partial charge in [-0.25, -0.2) is 14.1 Å². The van der Waals surface area contributed by atoms with E-state index in [1.807, 2.05) is 18.2 Å². The summed E-state index contributed by atoms with van der Waals surface area (Å²) in [6, 6.07) is 17.5. The van der Waals surface area contributed by atoms with E-state index < -0.39 is 11.7 Å². The Morgan fingerprint density at radius 1 is 1.04 bits per heavy atom. The van der Waals surface area contributed by atoms with Gasteiger partial charge in [-0.1, -0.05) is 18.2 Å². The quantitative estimate of drug-likeness (QED) is 0.570. The van der Waals surface area contributed by atoms with Crippen LogP contribution in [0.15, 0.2) is 54.6 Å². The highest BCUT2D eigenvalue weighted by molar-refractivity contribution is 5.91. The van der Waals surface area contributed by atoms with Crippen LogP contribution in [0.1, 0.15) is 26.3 Å². The van der Waals surface area contributed by atoms with Gasteiger partial charge >= 0.3 is 6.09 Å². The highest BCUT2D eigenvalue weighted by atomic mass is 19.1. The fourth-order valence-corrected chi connectivity index (χ4v) is 1.75. The highest BCUT2D eigenvalue weighted by Crippen LogP contribution is 2.17. The van der Waals surface area contributed by atoms with Gasteiger partial charge < -0.3 is 4.74 Å². The van der Waals surface area contributed by atoms with Crippen molar-refractivity contribution in [2.45, 2.75) is 26.4 Å². The number of anilines is 1. The summed E-state index contributed by atoms with van der Waals surface area (Å²) < 4.78 is 18.3. The third-order valence-corrected chi connectivity index (χ3v) is 2.75. The third kappa shape index (κ3) is 5.15. The predicted octanol–water partition coefficient (Wildman–Crippen LogP) is 4.58. The number of ether oxygens (including phenoxy) is 1. The lowest BCUT2D eigenvalue weighted by Gasteiger charge is -2.23. The number of benzene rings is 2. The zero-order valence-corrected chi connectivity index (χ0v) is 13.3. The summed E-state index contributed by atoms with van der Waals surface area (Å²) in [5, 5.41) is 0. The summed E-state index contributed by atoms with van der Waals surface area (Å²) in [5.74, 6) is 2.51. The van der Waals surface area contributed by atoms with E-state index in [0.29, 0.717) is 11.3 Å². The van der Waals surface area contributed by atoms with Crippen LogP contribution < -0.4 is 4.90 Å². The molecule has 0 aliphatic heterocycles. The third-order valence-electron chi connectivity index (χ3n) is 2.75. The lowest BCUT2D eigenvalue weighted by atomic mass is 10.2. The van der Waals surface area contributed by atoms with Crippen LogP contribution in [0, 0.1) is 17.8 Å². The molecule has 0 atom stereocenters. The molecule has 4 heteroatoms. The van der Waals surface area contributed by atoms with Crippen LogP contribution in [-0.2, 0) is 4.74 Å². The first-order chi connectivity index (χ1) is 10.8. The molecule has 0 saturated heterocycles. The molecule has 118 valence electrons. The first-order valence-corrected chi connectivity index (χ1v) is 7.20. The van der Waals surface area contributed by atoms with Crippen molar-refractivity contribution in [3.63, 3.8) is 0 Å². The lowest BCUT2D eigenvalue weighted by molar-refractivity contribution is 0.0600. The molecule has 0 fully saturated rings. The smallest absolute Gasteiger partial charge is 0.426 e. The van der Waals surface area contributed by atoms with Crippen LogP contribution >= 0.6 is 0 Å². The minimum absolute atomic E-state index is 0.331. The van der Waals surface area contributed by atoms with Crippen molar-refractivity contribution < 1.29 is 13.9 Å². The Balaban J connectivity index is 2.31. The second kappa shape index (κ2) is 6.97. The lowest BCUT2D eigenvalue weighted by Crippen LogP contribution is -2.33. The van der Waals surface area contributed by atoms with E-state index in [1.165, 1.54) is 17.0 Å². The van der Waals surface area contributed by atoms with E-state index in [0.717, 1.165) is 0 Å². The molecule has 0 aromatic heterocycles. The summed E-state index contributed by atoms with van der Waals surface area (Å²) in [7, 11) is 0. The molecule has 0 aliphatic rings. The molecule has 0 N–H and O–H groups in total. The Hall–Kier alpha value is -2.80. The van der Waals surface area contributed by atoms with Gasteiger partial charge in [0.1, 0.15) is 11.4 Å². The van der Waals surface area contributed by atoms with Gasteiger partial charge in [0.15, 0.2) is 0 Å². The first-order valence-electron chi connectivity index (χ1n) is 7.20. The SMILES string of the molecule is CC(C)(C)OC(=O)N(C#Cc1ccc(F)cc1)c1ccccc1. The van der Waals surface area contributed by atoms with Gasteiger partial charge in [-0.3, -0.25) is 0 Å². The van der Waals surface area contributed by atoms with E-state index >= 15 is 0 Å². The van der Waals surface area contributed by atoms with Crippen LogP contribution in [0.25, 0.3) is 0 Å². The van der Waals surface area contributed by atoms with E-state index in [2.05, 4.69) is 12.0 Å². The molecule has 0 saturated carbocycles. The van der Waals surface area contributed by atoms with Gasteiger partial charge in [0.25, 0.3) is 0 Å². The van der Waals surface area contributed by atoms with Gasteiger partial charge in [0, 0.05) is 11.6 Å². The normalized spacial score (nSPS) is 10.4. The van der Waals surface area contributed by atoms with Crippen LogP contribution in [-0.4, -0.2) is 11.7 Å². The van der Waals surface area contributed by atoms with E-state index in [9.17, 15) is 9.18 Å². The Morgan fingerprint density at radius 2 is 1.65 bits per heavy atom. The van der Waals surface area contributed by atoms with Crippen molar-refractivity contribution in [1.82, 2.24) is 0 Å². The fraction of sp³-hybridized carbons (Fsp3) is 0.211. The van der Waals surface area contributed by atoms with Crippen LogP contribution in [0.4, 0.5) is 14.9 Å². The van der Waals surface area contributed by atoms with Gasteiger partial charge in [-0.15, -0.1) is 0 Å². The summed E-state index contributed by atoms with van der Waals surface area (Å²) >= 11 is 0. The number of hydrogen-bond acceptors (Lipinski definition) is 2. The number of hydrogen-bond donors (Lipinski definition) is 0. The molecule has 0 spiro atoms. The second-order valence-corrected chi connectivity index (χ2v) is 5.89. The molecule has 2 aromatic rings. The zero-order valence-electron chi connectivity index (χ0n) is 13.3. The Morgan fingerprint density at radius 3 is 2.22 bits per heavy atom. The Labute approximate surface area is 135 Å². The molecular formula is C19H18FNO2. The fourth-order valence-electron chi connectivity index (χ4n) is 1.75. The van der Waals surface area contributed by atoms with Crippen molar-refractivity contribution >= 4 is 11.8 Å². The van der Waals surface area contributed by atoms with Crippen molar-refractivity contribution in [3.8, 4) is 12.0 Å². The average Bonchev–Trinajstić information content (AvgIpc) is 2.48. The van der Waals surface area contributed by atoms with Gasteiger partial charge in [0.2, 0.25) is 0 Å². The molecule has 0 bridgehead atoms. The average molecular weight is 311 g/mol. The molecule has 1 amide bonds. The Bertz CT molecular complexity index is 722. The van der Waals surface area contributed by atoms with E-state index in [-0.39, 0.29) is 5.82 Å². The molecule has 2 aromatic carbocycles. The minimum atomic E-state index is -0.623. The summed E-state index contributed by atoms with van der Waals surface area (Å²) in [6.45, 7) is 5.38. The van der Waals surface area contributed by atoms with Crippen molar-refractivity contribution in [1.29, 1.82) is 0 Å². The number of rotatable bonds is 1. The Kier molecular flexibility index (Phi) is 5.02. The topological polar surface area (TPSA) is 29.5 Å². The summed E-state index contributed by atoms with van der Waals surface area (Å²) in [5.41, 5.74) is 0.592. The van der Waals surface area contributed by atoms with Crippen LogP contribution in [0.3, 0.4) is 0 Å². The molecule has 3 nitrogen and oxygen atoms in total. The van der Waals surface area contributed by atoms with E-state index in [4.69, 9.17) is 4.74 Å². The molecule has 0 unspecified atom stereocenters. The van der Waals surface area contributed by atoms with E-state index in [1.54, 1.807) is 45.0 Å². The number of para-hydroxylation sites is 1. The maximum atomic E-state index is 12.9. The molecule has 0 radical (unpaired) electrons. The highest BCUT2D eigenvalue weighted by Gasteiger charge is 2.22. The number of carbonyl (C=O) groups is 1. The van der Waals surface area contributed by atoms with Gasteiger partial charge in [-0.05, 0) is 63.1 Å². The molecule has 23 heavy (non-hydrogen) atoms. The standard InChI is InChI=1S/C19H18FNO2/c1-19(2,3)23-18(22)21(17-7-5-4-6-8-17)14-13-15-9-11-16(20)12-10-15/h4-12H,1-3H3. The van der Waals surface area contributed by atoms with Gasteiger partial charge in [-0.2, -0.15) is 0 Å². The monoisotopic (exact) mass is 311 g/mol. The number of nitrogens with zero attached hydrogens (tertiary/aromatic N) is 1. The number of amides is 1. The number of halogens is 1. The van der Waals surface area contributed by atoms with Crippen LogP contribution in [0.2, 0.25) is 0 Å². The molecule has 0 aliphatic carbocycles. The largest absolute Gasteiger partial charge is 0.443 e. The van der Waals surface area contributed by atoms with Gasteiger partial charge in [0.05, 0.1) is 5.69 Å². The molecule has 0 heterocycles. The maximum absolute atomic E-state index is 12.9. The molecule has 2 rings (SSSR count). The molecular weight excluding hydrogens is 293 g/mol. The van der Waals surface area contributed by atoms with Crippen LogP contribution in [0.5, 0.6) is 0 Å². The summed E-state index contributed by atoms with van der Waals surface area (Å²) in [4.78, 5) is 13.6. The maximum Gasteiger partial charge on any atom is 0.426 e. The predicted molar refractivity (Wildman–Crippen MR) is 88.4 cm³/mol. The zero-order chi connectivity index (χ0) is 16.9. The first kappa shape index (κ1) is 16.6. The minimum Gasteiger partial charge on any atom is -0.443 e. The second-order valence-electron chi connectivity index (χ2n) is 5.89. The van der Waals surface area contributed by atoms with Crippen molar-refractivity contribution in [2.24, 2.45) is 0 Å². The van der Waals surface area contributed by atoms with Crippen molar-refractivity contribution in [2.75, 3.05) is 4.90 Å².